The van der Waals surface area contributed by atoms with Crippen molar-refractivity contribution in [3.05, 3.63) is 65.7 Å². The van der Waals surface area contributed by atoms with Gasteiger partial charge in [0.1, 0.15) is 0 Å². The van der Waals surface area contributed by atoms with Crippen LogP contribution in [0, 0.1) is 18.8 Å². The van der Waals surface area contributed by atoms with Crippen molar-refractivity contribution in [3.8, 4) is 0 Å². The lowest BCUT2D eigenvalue weighted by Crippen LogP contribution is -2.31. The van der Waals surface area contributed by atoms with Gasteiger partial charge in [-0.15, -0.1) is 0 Å². The highest BCUT2D eigenvalue weighted by Gasteiger charge is 2.49. The number of nitrogens with zero attached hydrogens (tertiary/aromatic N) is 1. The van der Waals surface area contributed by atoms with Crippen LogP contribution in [0.15, 0.2) is 54.6 Å². The van der Waals surface area contributed by atoms with Crippen LogP contribution in [0.25, 0.3) is 0 Å². The van der Waals surface area contributed by atoms with Gasteiger partial charge in [-0.1, -0.05) is 48.0 Å². The Kier molecular flexibility index (Phi) is 4.65. The highest BCUT2D eigenvalue weighted by molar-refractivity contribution is 6.00. The maximum absolute atomic E-state index is 12.5. The number of para-hydroxylation sites is 1. The van der Waals surface area contributed by atoms with Gasteiger partial charge < -0.3 is 10.2 Å². The van der Waals surface area contributed by atoms with Gasteiger partial charge in [0, 0.05) is 19.3 Å². The molecule has 0 heterocycles. The van der Waals surface area contributed by atoms with E-state index in [1.807, 2.05) is 55.5 Å². The Hall–Kier alpha value is -2.62. The first-order chi connectivity index (χ1) is 11.6. The van der Waals surface area contributed by atoms with Crippen LogP contribution in [0.5, 0.6) is 0 Å². The molecule has 1 aliphatic carbocycles. The van der Waals surface area contributed by atoms with Gasteiger partial charge in [-0.2, -0.15) is 0 Å². The van der Waals surface area contributed by atoms with Crippen molar-refractivity contribution in [1.82, 2.24) is 5.32 Å². The monoisotopic (exact) mass is 322 g/mol. The summed E-state index contributed by atoms with van der Waals surface area (Å²) in [6.45, 7) is 2.53. The fourth-order valence-corrected chi connectivity index (χ4v) is 2.93. The second kappa shape index (κ2) is 6.87. The van der Waals surface area contributed by atoms with E-state index in [0.29, 0.717) is 13.0 Å². The van der Waals surface area contributed by atoms with Crippen molar-refractivity contribution in [3.63, 3.8) is 0 Å². The minimum Gasteiger partial charge on any atom is -0.352 e. The third kappa shape index (κ3) is 3.65. The Morgan fingerprint density at radius 1 is 1.08 bits per heavy atom. The minimum atomic E-state index is -0.201. The zero-order chi connectivity index (χ0) is 17.1. The van der Waals surface area contributed by atoms with Crippen LogP contribution < -0.4 is 10.2 Å². The normalized spacial score (nSPS) is 18.8. The van der Waals surface area contributed by atoms with E-state index < -0.39 is 0 Å². The second-order valence-electron chi connectivity index (χ2n) is 6.39. The SMILES string of the molecule is Cc1cccc(CNC(=O)C2CC2C(=O)N(C)c2ccccc2)c1. The van der Waals surface area contributed by atoms with E-state index in [1.165, 1.54) is 5.56 Å². The number of amides is 2. The Morgan fingerprint density at radius 2 is 1.83 bits per heavy atom. The van der Waals surface area contributed by atoms with Gasteiger partial charge in [0.15, 0.2) is 0 Å². The molecule has 0 bridgehead atoms. The van der Waals surface area contributed by atoms with Crippen LogP contribution in [0.1, 0.15) is 17.5 Å². The van der Waals surface area contributed by atoms with Crippen LogP contribution >= 0.6 is 0 Å². The first-order valence-electron chi connectivity index (χ1n) is 8.22. The molecule has 0 saturated heterocycles. The number of nitrogens with one attached hydrogen (secondary N) is 1. The Morgan fingerprint density at radius 3 is 2.54 bits per heavy atom. The lowest BCUT2D eigenvalue weighted by atomic mass is 10.1. The molecule has 2 aromatic rings. The standard InChI is InChI=1S/C20H22N2O2/c1-14-7-6-8-15(11-14)13-21-19(23)17-12-18(17)20(24)22(2)16-9-4-3-5-10-16/h3-11,17-18H,12-13H2,1-2H3,(H,21,23). The molecule has 2 unspecified atom stereocenters. The van der Waals surface area contributed by atoms with E-state index in [0.717, 1.165) is 11.3 Å². The van der Waals surface area contributed by atoms with Gasteiger partial charge >= 0.3 is 0 Å². The van der Waals surface area contributed by atoms with Crippen LogP contribution in [-0.2, 0) is 16.1 Å². The van der Waals surface area contributed by atoms with E-state index >= 15 is 0 Å². The quantitative estimate of drug-likeness (QED) is 0.920. The number of carbonyl (C=O) groups excluding carboxylic acids is 2. The summed E-state index contributed by atoms with van der Waals surface area (Å²) in [6, 6.07) is 17.6. The van der Waals surface area contributed by atoms with Crippen LogP contribution in [0.3, 0.4) is 0 Å². The number of carbonyl (C=O) groups is 2. The Bertz CT molecular complexity index is 742. The maximum atomic E-state index is 12.5. The number of hydrogen-bond donors (Lipinski definition) is 1. The van der Waals surface area contributed by atoms with Crippen molar-refractivity contribution >= 4 is 17.5 Å². The van der Waals surface area contributed by atoms with E-state index in [4.69, 9.17) is 0 Å². The molecule has 2 atom stereocenters. The van der Waals surface area contributed by atoms with Crippen LogP contribution in [0.4, 0.5) is 5.69 Å². The van der Waals surface area contributed by atoms with E-state index in [1.54, 1.807) is 11.9 Å². The van der Waals surface area contributed by atoms with Crippen LogP contribution in [0.2, 0.25) is 0 Å². The highest BCUT2D eigenvalue weighted by Crippen LogP contribution is 2.40. The predicted octanol–water partition coefficient (Wildman–Crippen LogP) is 2.91. The highest BCUT2D eigenvalue weighted by atomic mass is 16.2. The molecule has 2 amide bonds. The Balaban J connectivity index is 1.53. The molecule has 1 N–H and O–H groups in total. The fourth-order valence-electron chi connectivity index (χ4n) is 2.93. The molecule has 4 nitrogen and oxygen atoms in total. The van der Waals surface area contributed by atoms with Crippen molar-refractivity contribution < 1.29 is 9.59 Å². The van der Waals surface area contributed by atoms with E-state index in [-0.39, 0.29) is 23.7 Å². The smallest absolute Gasteiger partial charge is 0.230 e. The average molecular weight is 322 g/mol. The summed E-state index contributed by atoms with van der Waals surface area (Å²) in [5, 5.41) is 2.94. The first-order valence-corrected chi connectivity index (χ1v) is 8.22. The summed E-state index contributed by atoms with van der Waals surface area (Å²) in [7, 11) is 1.76. The number of aryl methyl sites for hydroxylation is 1. The molecule has 124 valence electrons. The molecule has 4 heteroatoms. The molecular weight excluding hydrogens is 300 g/mol. The summed E-state index contributed by atoms with van der Waals surface area (Å²) >= 11 is 0. The molecule has 2 aromatic carbocycles. The summed E-state index contributed by atoms with van der Waals surface area (Å²) in [6.07, 6.45) is 0.635. The maximum Gasteiger partial charge on any atom is 0.230 e. The summed E-state index contributed by atoms with van der Waals surface area (Å²) in [5.74, 6) is -0.422. The van der Waals surface area contributed by atoms with Crippen molar-refractivity contribution in [1.29, 1.82) is 0 Å². The second-order valence-corrected chi connectivity index (χ2v) is 6.39. The van der Waals surface area contributed by atoms with Crippen molar-refractivity contribution in [2.24, 2.45) is 11.8 Å². The lowest BCUT2D eigenvalue weighted by Gasteiger charge is -2.17. The molecule has 0 aromatic heterocycles. The molecule has 0 aliphatic heterocycles. The van der Waals surface area contributed by atoms with E-state index in [9.17, 15) is 9.59 Å². The number of hydrogen-bond acceptors (Lipinski definition) is 2. The number of benzene rings is 2. The predicted molar refractivity (Wildman–Crippen MR) is 94.5 cm³/mol. The summed E-state index contributed by atoms with van der Waals surface area (Å²) in [4.78, 5) is 26.4. The zero-order valence-electron chi connectivity index (χ0n) is 14.0. The lowest BCUT2D eigenvalue weighted by molar-refractivity contribution is -0.126. The van der Waals surface area contributed by atoms with Gasteiger partial charge in [-0.3, -0.25) is 9.59 Å². The third-order valence-electron chi connectivity index (χ3n) is 4.47. The van der Waals surface area contributed by atoms with Gasteiger partial charge in [-0.05, 0) is 31.0 Å². The van der Waals surface area contributed by atoms with Crippen LogP contribution in [-0.4, -0.2) is 18.9 Å². The molecule has 1 aliphatic rings. The average Bonchev–Trinajstić information content (AvgIpc) is 3.40. The topological polar surface area (TPSA) is 49.4 Å². The molecule has 0 spiro atoms. The minimum absolute atomic E-state index is 0.0110. The first kappa shape index (κ1) is 16.2. The van der Waals surface area contributed by atoms with Gasteiger partial charge in [0.25, 0.3) is 0 Å². The van der Waals surface area contributed by atoms with Crippen molar-refractivity contribution in [2.45, 2.75) is 19.9 Å². The fraction of sp³-hybridized carbons (Fsp3) is 0.300. The summed E-state index contributed by atoms with van der Waals surface area (Å²) < 4.78 is 0. The molecular formula is C20H22N2O2. The number of rotatable bonds is 5. The molecule has 1 fully saturated rings. The number of anilines is 1. The zero-order valence-corrected chi connectivity index (χ0v) is 14.0. The molecule has 1 saturated carbocycles. The molecule has 0 radical (unpaired) electrons. The summed E-state index contributed by atoms with van der Waals surface area (Å²) in [5.41, 5.74) is 3.10. The van der Waals surface area contributed by atoms with E-state index in [2.05, 4.69) is 11.4 Å². The van der Waals surface area contributed by atoms with Gasteiger partial charge in [-0.25, -0.2) is 0 Å². The molecule has 24 heavy (non-hydrogen) atoms. The largest absolute Gasteiger partial charge is 0.352 e. The van der Waals surface area contributed by atoms with Gasteiger partial charge in [0.2, 0.25) is 11.8 Å². The molecule has 3 rings (SSSR count). The third-order valence-corrected chi connectivity index (χ3v) is 4.47. The van der Waals surface area contributed by atoms with Crippen molar-refractivity contribution in [2.75, 3.05) is 11.9 Å². The van der Waals surface area contributed by atoms with Gasteiger partial charge in [0.05, 0.1) is 11.8 Å². The Labute approximate surface area is 142 Å².